The van der Waals surface area contributed by atoms with E-state index < -0.39 is 0 Å². The van der Waals surface area contributed by atoms with Crippen molar-refractivity contribution in [2.75, 3.05) is 0 Å². The normalized spacial score (nSPS) is 13.4. The molecule has 1 heterocycles. The minimum absolute atomic E-state index is 0.105. The number of nitrogens with zero attached hydrogens (tertiary/aromatic N) is 1. The topological polar surface area (TPSA) is 4.93 Å². The molecule has 0 bridgehead atoms. The van der Waals surface area contributed by atoms with Crippen LogP contribution in [0.5, 0.6) is 0 Å². The second-order valence-corrected chi connectivity index (χ2v) is 12.5. The fourth-order valence-corrected chi connectivity index (χ4v) is 7.35. The highest BCUT2D eigenvalue weighted by atomic mass is 79.9. The van der Waals surface area contributed by atoms with Gasteiger partial charge in [-0.3, -0.25) is 0 Å². The molecule has 2 heteroatoms. The quantitative estimate of drug-likeness (QED) is 0.193. The highest BCUT2D eigenvalue weighted by Gasteiger charge is 2.38. The van der Waals surface area contributed by atoms with E-state index in [0.29, 0.717) is 0 Å². The summed E-state index contributed by atoms with van der Waals surface area (Å²) in [5.74, 6) is 0. The Morgan fingerprint density at radius 3 is 1.83 bits per heavy atom. The van der Waals surface area contributed by atoms with Gasteiger partial charge in [-0.2, -0.15) is 0 Å². The molecule has 0 spiro atoms. The fraction of sp³-hybridized carbons (Fsp3) is 0.0769. The maximum absolute atomic E-state index is 3.67. The van der Waals surface area contributed by atoms with Crippen molar-refractivity contribution in [3.63, 3.8) is 0 Å². The number of benzene rings is 6. The van der Waals surface area contributed by atoms with Gasteiger partial charge < -0.3 is 4.57 Å². The van der Waals surface area contributed by atoms with E-state index in [0.717, 1.165) is 4.47 Å². The molecular weight excluding hydrogens is 562 g/mol. The molecule has 0 aliphatic heterocycles. The van der Waals surface area contributed by atoms with E-state index in [9.17, 15) is 0 Å². The van der Waals surface area contributed by atoms with Crippen LogP contribution in [-0.4, -0.2) is 4.57 Å². The SMILES string of the molecule is CC1(C)c2ccccc2-c2cccc(-n3c4ccc(-c5ccccc5)cc4c4cc(-c5cccc(Br)c5)ccc43)c21. The van der Waals surface area contributed by atoms with Gasteiger partial charge in [0, 0.05) is 20.7 Å². The standard InChI is InChI=1S/C39H28BrN/c1-39(2)34-16-7-6-14-30(34)31-15-9-17-37(38(31)39)41-35-20-18-27(25-10-4-3-5-11-25)23-32(35)33-24-28(19-21-36(33)41)26-12-8-13-29(40)22-26/h3-24H,1-2H3. The van der Waals surface area contributed by atoms with Gasteiger partial charge in [0.1, 0.15) is 0 Å². The molecule has 0 atom stereocenters. The van der Waals surface area contributed by atoms with E-state index in [-0.39, 0.29) is 5.41 Å². The Kier molecular flexibility index (Phi) is 5.39. The number of hydrogen-bond acceptors (Lipinski definition) is 0. The molecule has 0 saturated heterocycles. The smallest absolute Gasteiger partial charge is 0.0541 e. The molecule has 0 amide bonds. The predicted molar refractivity (Wildman–Crippen MR) is 177 cm³/mol. The average molecular weight is 591 g/mol. The monoisotopic (exact) mass is 589 g/mol. The first-order chi connectivity index (χ1) is 20.0. The molecule has 41 heavy (non-hydrogen) atoms. The van der Waals surface area contributed by atoms with Gasteiger partial charge in [-0.25, -0.2) is 0 Å². The van der Waals surface area contributed by atoms with Crippen LogP contribution in [0.4, 0.5) is 0 Å². The number of fused-ring (bicyclic) bond motifs is 6. The van der Waals surface area contributed by atoms with E-state index in [1.54, 1.807) is 0 Å². The first-order valence-electron chi connectivity index (χ1n) is 14.1. The highest BCUT2D eigenvalue weighted by molar-refractivity contribution is 9.10. The summed E-state index contributed by atoms with van der Waals surface area (Å²) in [5.41, 5.74) is 14.0. The minimum atomic E-state index is -0.105. The van der Waals surface area contributed by atoms with Crippen molar-refractivity contribution in [3.05, 3.63) is 149 Å². The van der Waals surface area contributed by atoms with Crippen LogP contribution in [0.25, 0.3) is 60.9 Å². The van der Waals surface area contributed by atoms with Gasteiger partial charge in [0.25, 0.3) is 0 Å². The van der Waals surface area contributed by atoms with Crippen molar-refractivity contribution < 1.29 is 0 Å². The fourth-order valence-electron chi connectivity index (χ4n) is 6.95. The zero-order chi connectivity index (χ0) is 27.7. The van der Waals surface area contributed by atoms with E-state index in [4.69, 9.17) is 0 Å². The lowest BCUT2D eigenvalue weighted by Gasteiger charge is -2.25. The van der Waals surface area contributed by atoms with Gasteiger partial charge in [-0.1, -0.05) is 121 Å². The van der Waals surface area contributed by atoms with Gasteiger partial charge in [-0.15, -0.1) is 0 Å². The Labute approximate surface area is 248 Å². The van der Waals surface area contributed by atoms with Crippen LogP contribution in [0, 0.1) is 0 Å². The Morgan fingerprint density at radius 1 is 0.512 bits per heavy atom. The molecule has 7 aromatic rings. The molecule has 8 rings (SSSR count). The third kappa shape index (κ3) is 3.67. The molecule has 6 aromatic carbocycles. The highest BCUT2D eigenvalue weighted by Crippen LogP contribution is 2.51. The average Bonchev–Trinajstić information content (AvgIpc) is 3.46. The lowest BCUT2D eigenvalue weighted by molar-refractivity contribution is 0.656. The van der Waals surface area contributed by atoms with Crippen molar-refractivity contribution >= 4 is 37.7 Å². The second-order valence-electron chi connectivity index (χ2n) is 11.5. The molecule has 1 nitrogen and oxygen atoms in total. The van der Waals surface area contributed by atoms with Crippen LogP contribution >= 0.6 is 15.9 Å². The van der Waals surface area contributed by atoms with Crippen LogP contribution in [0.3, 0.4) is 0 Å². The summed E-state index contributed by atoms with van der Waals surface area (Å²) in [4.78, 5) is 0. The summed E-state index contributed by atoms with van der Waals surface area (Å²) in [6.07, 6.45) is 0. The maximum Gasteiger partial charge on any atom is 0.0541 e. The molecule has 196 valence electrons. The van der Waals surface area contributed by atoms with Gasteiger partial charge in [0.15, 0.2) is 0 Å². The van der Waals surface area contributed by atoms with Crippen LogP contribution in [0.2, 0.25) is 0 Å². The van der Waals surface area contributed by atoms with Gasteiger partial charge >= 0.3 is 0 Å². The molecule has 0 N–H and O–H groups in total. The van der Waals surface area contributed by atoms with Crippen LogP contribution in [0.15, 0.2) is 138 Å². The lowest BCUT2D eigenvalue weighted by atomic mass is 9.81. The summed E-state index contributed by atoms with van der Waals surface area (Å²) in [5, 5.41) is 2.53. The van der Waals surface area contributed by atoms with E-state index in [1.165, 1.54) is 72.0 Å². The third-order valence-electron chi connectivity index (χ3n) is 8.83. The molecule has 1 aromatic heterocycles. The van der Waals surface area contributed by atoms with Crippen molar-refractivity contribution in [2.24, 2.45) is 0 Å². The molecule has 0 radical (unpaired) electrons. The van der Waals surface area contributed by atoms with Gasteiger partial charge in [0.05, 0.1) is 16.7 Å². The summed E-state index contributed by atoms with van der Waals surface area (Å²) >= 11 is 3.67. The Hall–Kier alpha value is -4.40. The first kappa shape index (κ1) is 24.4. The van der Waals surface area contributed by atoms with Crippen LogP contribution in [-0.2, 0) is 5.41 Å². The Bertz CT molecular complexity index is 2130. The molecule has 1 aliphatic rings. The Morgan fingerprint density at radius 2 is 1.10 bits per heavy atom. The minimum Gasteiger partial charge on any atom is -0.309 e. The summed E-state index contributed by atoms with van der Waals surface area (Å²) in [7, 11) is 0. The summed E-state index contributed by atoms with van der Waals surface area (Å²) in [6, 6.07) is 48.8. The van der Waals surface area contributed by atoms with Crippen LogP contribution in [0.1, 0.15) is 25.0 Å². The van der Waals surface area contributed by atoms with E-state index in [2.05, 4.69) is 168 Å². The zero-order valence-electron chi connectivity index (χ0n) is 23.0. The molecule has 0 unspecified atom stereocenters. The number of aromatic nitrogens is 1. The predicted octanol–water partition coefficient (Wildman–Crippen LogP) is 11.2. The zero-order valence-corrected chi connectivity index (χ0v) is 24.6. The summed E-state index contributed by atoms with van der Waals surface area (Å²) < 4.78 is 3.59. The van der Waals surface area contributed by atoms with Gasteiger partial charge in [-0.05, 0) is 87.0 Å². The van der Waals surface area contributed by atoms with Crippen molar-refractivity contribution in [1.29, 1.82) is 0 Å². The van der Waals surface area contributed by atoms with Crippen molar-refractivity contribution in [2.45, 2.75) is 19.3 Å². The molecule has 0 saturated carbocycles. The molecule has 0 fully saturated rings. The molecular formula is C39H28BrN. The first-order valence-corrected chi connectivity index (χ1v) is 14.9. The lowest BCUT2D eigenvalue weighted by Crippen LogP contribution is -2.18. The van der Waals surface area contributed by atoms with Gasteiger partial charge in [0.2, 0.25) is 0 Å². The summed E-state index contributed by atoms with van der Waals surface area (Å²) in [6.45, 7) is 4.74. The number of rotatable bonds is 3. The third-order valence-corrected chi connectivity index (χ3v) is 9.32. The van der Waals surface area contributed by atoms with Crippen LogP contribution < -0.4 is 0 Å². The van der Waals surface area contributed by atoms with Crippen molar-refractivity contribution in [1.82, 2.24) is 4.57 Å². The number of hydrogen-bond donors (Lipinski definition) is 0. The second kappa shape index (κ2) is 9.06. The maximum atomic E-state index is 3.67. The largest absolute Gasteiger partial charge is 0.309 e. The van der Waals surface area contributed by atoms with E-state index >= 15 is 0 Å². The Balaban J connectivity index is 1.45. The number of halogens is 1. The van der Waals surface area contributed by atoms with Crippen molar-refractivity contribution in [3.8, 4) is 39.1 Å². The van der Waals surface area contributed by atoms with E-state index in [1.807, 2.05) is 0 Å². The molecule has 1 aliphatic carbocycles.